The Labute approximate surface area is 80.0 Å². The molecular weight excluding hydrogens is 166 g/mol. The van der Waals surface area contributed by atoms with Crippen LogP contribution in [0.25, 0.3) is 0 Å². The Hall–Kier alpha value is 0.0200. The fraction of sp³-hybridized carbons (Fsp3) is 0.900. The number of nitrogens with zero attached hydrogens (tertiary/aromatic N) is 1. The standard InChI is InChI=1S/C10H19NS/c1-5-7(3)10-11-8(4)9(6-2)12-10/h7,9-10H,5-6H2,1-4H3/t7?,9-,10-/m1/s1. The first-order valence-corrected chi connectivity index (χ1v) is 5.83. The highest BCUT2D eigenvalue weighted by Gasteiger charge is 2.27. The van der Waals surface area contributed by atoms with Crippen LogP contribution in [0.4, 0.5) is 0 Å². The lowest BCUT2D eigenvalue weighted by Crippen LogP contribution is -2.10. The average Bonchev–Trinajstić information content (AvgIpc) is 2.45. The quantitative estimate of drug-likeness (QED) is 0.657. The Morgan fingerprint density at radius 1 is 1.50 bits per heavy atom. The molecule has 0 fully saturated rings. The van der Waals surface area contributed by atoms with E-state index in [0.29, 0.717) is 10.6 Å². The zero-order chi connectivity index (χ0) is 9.14. The largest absolute Gasteiger partial charge is 0.279 e. The molecule has 0 aromatic carbocycles. The van der Waals surface area contributed by atoms with Crippen LogP contribution < -0.4 is 0 Å². The molecule has 1 aliphatic rings. The normalized spacial score (nSPS) is 31.8. The van der Waals surface area contributed by atoms with Gasteiger partial charge in [0.25, 0.3) is 0 Å². The number of hydrogen-bond donors (Lipinski definition) is 0. The third-order valence-electron chi connectivity index (χ3n) is 2.60. The zero-order valence-corrected chi connectivity index (χ0v) is 9.32. The first-order chi connectivity index (χ1) is 5.69. The molecule has 70 valence electrons. The maximum Gasteiger partial charge on any atom is 0.0982 e. The summed E-state index contributed by atoms with van der Waals surface area (Å²) in [6.45, 7) is 8.96. The van der Waals surface area contributed by atoms with Gasteiger partial charge in [-0.3, -0.25) is 4.99 Å². The number of thioether (sulfide) groups is 1. The molecular formula is C10H19NS. The van der Waals surface area contributed by atoms with E-state index in [-0.39, 0.29) is 0 Å². The lowest BCUT2D eigenvalue weighted by Gasteiger charge is -2.14. The van der Waals surface area contributed by atoms with Crippen molar-refractivity contribution < 1.29 is 0 Å². The van der Waals surface area contributed by atoms with Gasteiger partial charge in [-0.1, -0.05) is 27.2 Å². The van der Waals surface area contributed by atoms with Gasteiger partial charge in [0, 0.05) is 11.0 Å². The van der Waals surface area contributed by atoms with Gasteiger partial charge in [-0.25, -0.2) is 0 Å². The molecule has 2 heteroatoms. The molecule has 1 nitrogen and oxygen atoms in total. The average molecular weight is 185 g/mol. The van der Waals surface area contributed by atoms with Crippen molar-refractivity contribution in [2.45, 2.75) is 51.2 Å². The first kappa shape index (κ1) is 10.1. The number of aliphatic imine (C=N–C) groups is 1. The van der Waals surface area contributed by atoms with Gasteiger partial charge in [-0.05, 0) is 19.3 Å². The summed E-state index contributed by atoms with van der Waals surface area (Å²) in [7, 11) is 0. The maximum absolute atomic E-state index is 4.69. The summed E-state index contributed by atoms with van der Waals surface area (Å²) in [6, 6.07) is 0. The molecule has 0 bridgehead atoms. The van der Waals surface area contributed by atoms with E-state index in [1.807, 2.05) is 11.8 Å². The van der Waals surface area contributed by atoms with Crippen LogP contribution >= 0.6 is 11.8 Å². The van der Waals surface area contributed by atoms with Gasteiger partial charge in [0.15, 0.2) is 0 Å². The van der Waals surface area contributed by atoms with Crippen LogP contribution in [-0.2, 0) is 0 Å². The molecule has 0 amide bonds. The highest BCUT2D eigenvalue weighted by molar-refractivity contribution is 8.01. The van der Waals surface area contributed by atoms with Gasteiger partial charge in [-0.15, -0.1) is 11.8 Å². The molecule has 12 heavy (non-hydrogen) atoms. The lowest BCUT2D eigenvalue weighted by atomic mass is 10.1. The van der Waals surface area contributed by atoms with E-state index in [4.69, 9.17) is 4.99 Å². The smallest absolute Gasteiger partial charge is 0.0982 e. The predicted molar refractivity (Wildman–Crippen MR) is 58.0 cm³/mol. The molecule has 0 saturated carbocycles. The highest BCUT2D eigenvalue weighted by Crippen LogP contribution is 2.35. The molecule has 0 saturated heterocycles. The van der Waals surface area contributed by atoms with Crippen molar-refractivity contribution in [1.29, 1.82) is 0 Å². The molecule has 3 atom stereocenters. The van der Waals surface area contributed by atoms with Crippen LogP contribution in [0, 0.1) is 5.92 Å². The monoisotopic (exact) mass is 185 g/mol. The molecule has 0 aliphatic carbocycles. The van der Waals surface area contributed by atoms with E-state index in [1.54, 1.807) is 0 Å². The minimum absolute atomic E-state index is 0.542. The van der Waals surface area contributed by atoms with Gasteiger partial charge in [0.05, 0.1) is 5.37 Å². The number of hydrogen-bond acceptors (Lipinski definition) is 2. The van der Waals surface area contributed by atoms with Crippen LogP contribution in [0.15, 0.2) is 4.99 Å². The summed E-state index contributed by atoms with van der Waals surface area (Å²) in [5.41, 5.74) is 1.35. The Balaban J connectivity index is 2.53. The lowest BCUT2D eigenvalue weighted by molar-refractivity contribution is 0.549. The van der Waals surface area contributed by atoms with Gasteiger partial charge >= 0.3 is 0 Å². The molecule has 0 spiro atoms. The van der Waals surface area contributed by atoms with Crippen molar-refractivity contribution in [3.63, 3.8) is 0 Å². The van der Waals surface area contributed by atoms with Crippen molar-refractivity contribution >= 4 is 17.5 Å². The van der Waals surface area contributed by atoms with Crippen molar-refractivity contribution in [1.82, 2.24) is 0 Å². The van der Waals surface area contributed by atoms with E-state index in [1.165, 1.54) is 18.6 Å². The fourth-order valence-corrected chi connectivity index (χ4v) is 2.91. The van der Waals surface area contributed by atoms with Crippen LogP contribution in [0.1, 0.15) is 40.5 Å². The zero-order valence-electron chi connectivity index (χ0n) is 8.50. The van der Waals surface area contributed by atoms with E-state index in [2.05, 4.69) is 27.7 Å². The van der Waals surface area contributed by atoms with Crippen LogP contribution in [0.3, 0.4) is 0 Å². The molecule has 1 heterocycles. The molecule has 0 aromatic heterocycles. The van der Waals surface area contributed by atoms with Crippen LogP contribution in [-0.4, -0.2) is 16.3 Å². The van der Waals surface area contributed by atoms with E-state index in [0.717, 1.165) is 5.92 Å². The molecule has 0 radical (unpaired) electrons. The van der Waals surface area contributed by atoms with E-state index >= 15 is 0 Å². The van der Waals surface area contributed by atoms with Crippen molar-refractivity contribution in [3.05, 3.63) is 0 Å². The predicted octanol–water partition coefficient (Wildman–Crippen LogP) is 3.34. The van der Waals surface area contributed by atoms with Gasteiger partial charge in [-0.2, -0.15) is 0 Å². The first-order valence-electron chi connectivity index (χ1n) is 4.88. The third kappa shape index (κ3) is 2.03. The van der Waals surface area contributed by atoms with Gasteiger partial charge < -0.3 is 0 Å². The van der Waals surface area contributed by atoms with Gasteiger partial charge in [0.1, 0.15) is 0 Å². The second kappa shape index (κ2) is 4.31. The van der Waals surface area contributed by atoms with Gasteiger partial charge in [0.2, 0.25) is 0 Å². The van der Waals surface area contributed by atoms with Crippen molar-refractivity contribution in [2.24, 2.45) is 10.9 Å². The van der Waals surface area contributed by atoms with E-state index in [9.17, 15) is 0 Å². The minimum atomic E-state index is 0.542. The molecule has 0 aromatic rings. The van der Waals surface area contributed by atoms with Crippen LogP contribution in [0.2, 0.25) is 0 Å². The van der Waals surface area contributed by atoms with Crippen molar-refractivity contribution in [2.75, 3.05) is 0 Å². The number of rotatable bonds is 3. The topological polar surface area (TPSA) is 12.4 Å². The second-order valence-electron chi connectivity index (χ2n) is 3.58. The summed E-state index contributed by atoms with van der Waals surface area (Å²) in [5, 5.41) is 1.24. The summed E-state index contributed by atoms with van der Waals surface area (Å²) < 4.78 is 0. The van der Waals surface area contributed by atoms with Crippen LogP contribution in [0.5, 0.6) is 0 Å². The Morgan fingerprint density at radius 3 is 2.58 bits per heavy atom. The Morgan fingerprint density at radius 2 is 2.17 bits per heavy atom. The summed E-state index contributed by atoms with van der Waals surface area (Å²) in [5.74, 6) is 0.737. The summed E-state index contributed by atoms with van der Waals surface area (Å²) in [4.78, 5) is 4.69. The molecule has 1 unspecified atom stereocenters. The minimum Gasteiger partial charge on any atom is -0.279 e. The third-order valence-corrected chi connectivity index (χ3v) is 4.45. The maximum atomic E-state index is 4.69. The fourth-order valence-electron chi connectivity index (χ4n) is 1.44. The van der Waals surface area contributed by atoms with Crippen molar-refractivity contribution in [3.8, 4) is 0 Å². The Bertz CT molecular complexity index is 177. The summed E-state index contributed by atoms with van der Waals surface area (Å²) >= 11 is 2.05. The molecule has 0 N–H and O–H groups in total. The molecule has 1 rings (SSSR count). The SMILES string of the molecule is CCC(C)[C@@H]1N=C(C)[C@@H](CC)S1. The Kier molecular flexibility index (Phi) is 3.63. The second-order valence-corrected chi connectivity index (χ2v) is 4.90. The summed E-state index contributed by atoms with van der Waals surface area (Å²) in [6.07, 6.45) is 2.47. The molecule has 1 aliphatic heterocycles. The highest BCUT2D eigenvalue weighted by atomic mass is 32.2. The van der Waals surface area contributed by atoms with E-state index < -0.39 is 0 Å².